The van der Waals surface area contributed by atoms with Crippen LogP contribution in [0.25, 0.3) is 5.57 Å². The van der Waals surface area contributed by atoms with Gasteiger partial charge in [-0.1, -0.05) is 83.4 Å². The molecule has 3 rings (SSSR count). The third-order valence-electron chi connectivity index (χ3n) is 7.51. The third kappa shape index (κ3) is 7.81. The molecule has 2 nitrogen and oxygen atoms in total. The first-order valence-electron chi connectivity index (χ1n) is 13.2. The van der Waals surface area contributed by atoms with Gasteiger partial charge in [0.1, 0.15) is 6.10 Å². The van der Waals surface area contributed by atoms with Gasteiger partial charge in [0.2, 0.25) is 0 Å². The fraction of sp³-hybridized carbons (Fsp3) is 0.690. The summed E-state index contributed by atoms with van der Waals surface area (Å²) in [5.74, 6) is 1.56. The molecule has 2 heteroatoms. The van der Waals surface area contributed by atoms with E-state index in [1.165, 1.54) is 94.6 Å². The van der Waals surface area contributed by atoms with Crippen LogP contribution in [0.1, 0.15) is 126 Å². The summed E-state index contributed by atoms with van der Waals surface area (Å²) in [7, 11) is 0. The fourth-order valence-electron chi connectivity index (χ4n) is 5.34. The normalized spacial score (nSPS) is 23.9. The van der Waals surface area contributed by atoms with Crippen LogP contribution in [-0.2, 0) is 4.74 Å². The lowest BCUT2D eigenvalue weighted by molar-refractivity contribution is 0.0161. The van der Waals surface area contributed by atoms with Crippen molar-refractivity contribution in [3.8, 4) is 0 Å². The van der Waals surface area contributed by atoms with E-state index < -0.39 is 0 Å². The van der Waals surface area contributed by atoms with Gasteiger partial charge < -0.3 is 4.74 Å². The van der Waals surface area contributed by atoms with Crippen LogP contribution in [0, 0.1) is 11.8 Å². The Hall–Kier alpha value is -1.57. The number of carbonyl (C=O) groups is 1. The Morgan fingerprint density at radius 3 is 2.19 bits per heavy atom. The molecule has 0 saturated heterocycles. The molecule has 2 aliphatic carbocycles. The van der Waals surface area contributed by atoms with Gasteiger partial charge in [-0.15, -0.1) is 0 Å². The molecule has 0 aromatic heterocycles. The highest BCUT2D eigenvalue weighted by Crippen LogP contribution is 2.33. The standard InChI is InChI=1S/C29H44O2/c1-3-5-7-8-10-24-11-15-25(16-12-24)26-17-19-27(20-18-26)29(30)31-28-21-13-23(14-22-28)9-6-4-2/h15,17-20,23-24,28H,3-14,16,21-22H2,1-2H3. The highest BCUT2D eigenvalue weighted by molar-refractivity contribution is 5.90. The summed E-state index contributed by atoms with van der Waals surface area (Å²) in [6.07, 6.45) is 21.5. The molecule has 172 valence electrons. The summed E-state index contributed by atoms with van der Waals surface area (Å²) < 4.78 is 5.83. The van der Waals surface area contributed by atoms with E-state index in [0.717, 1.165) is 24.7 Å². The molecule has 1 unspecified atom stereocenters. The molecular weight excluding hydrogens is 380 g/mol. The van der Waals surface area contributed by atoms with Crippen LogP contribution in [0.2, 0.25) is 0 Å². The Labute approximate surface area is 190 Å². The first-order chi connectivity index (χ1) is 15.2. The molecule has 0 spiro atoms. The molecule has 0 heterocycles. The molecule has 2 aliphatic rings. The van der Waals surface area contributed by atoms with E-state index in [-0.39, 0.29) is 12.1 Å². The quantitative estimate of drug-likeness (QED) is 0.262. The minimum atomic E-state index is -0.145. The average Bonchev–Trinajstić information content (AvgIpc) is 2.82. The van der Waals surface area contributed by atoms with Gasteiger partial charge in [0.15, 0.2) is 0 Å². The molecule has 0 N–H and O–H groups in total. The Balaban J connectivity index is 1.43. The van der Waals surface area contributed by atoms with Crippen LogP contribution in [-0.4, -0.2) is 12.1 Å². The number of esters is 1. The second kappa shape index (κ2) is 13.1. The summed E-state index contributed by atoms with van der Waals surface area (Å²) in [5, 5.41) is 0. The Bertz CT molecular complexity index is 679. The lowest BCUT2D eigenvalue weighted by atomic mass is 9.83. The predicted molar refractivity (Wildman–Crippen MR) is 131 cm³/mol. The Morgan fingerprint density at radius 2 is 1.55 bits per heavy atom. The van der Waals surface area contributed by atoms with Crippen molar-refractivity contribution >= 4 is 11.5 Å². The molecule has 0 amide bonds. The molecule has 31 heavy (non-hydrogen) atoms. The zero-order valence-electron chi connectivity index (χ0n) is 20.0. The van der Waals surface area contributed by atoms with Crippen molar-refractivity contribution < 1.29 is 9.53 Å². The van der Waals surface area contributed by atoms with Gasteiger partial charge in [0.25, 0.3) is 0 Å². The van der Waals surface area contributed by atoms with E-state index in [2.05, 4.69) is 32.1 Å². The summed E-state index contributed by atoms with van der Waals surface area (Å²) in [5.41, 5.74) is 3.43. The molecule has 1 aromatic carbocycles. The molecule has 1 aromatic rings. The van der Waals surface area contributed by atoms with E-state index in [0.29, 0.717) is 5.56 Å². The van der Waals surface area contributed by atoms with Crippen molar-refractivity contribution in [2.24, 2.45) is 11.8 Å². The maximum atomic E-state index is 12.6. The van der Waals surface area contributed by atoms with E-state index in [9.17, 15) is 4.79 Å². The second-order valence-corrected chi connectivity index (χ2v) is 9.99. The summed E-state index contributed by atoms with van der Waals surface area (Å²) in [4.78, 5) is 12.6. The first-order valence-corrected chi connectivity index (χ1v) is 13.2. The van der Waals surface area contributed by atoms with Crippen LogP contribution >= 0.6 is 0 Å². The van der Waals surface area contributed by atoms with Crippen molar-refractivity contribution in [3.05, 3.63) is 41.5 Å². The molecule has 0 bridgehead atoms. The minimum absolute atomic E-state index is 0.111. The van der Waals surface area contributed by atoms with Gasteiger partial charge in [0, 0.05) is 0 Å². The number of hydrogen-bond donors (Lipinski definition) is 0. The summed E-state index contributed by atoms with van der Waals surface area (Å²) in [6.45, 7) is 4.54. The van der Waals surface area contributed by atoms with Crippen LogP contribution in [0.4, 0.5) is 0 Å². The molecule has 1 saturated carbocycles. The Kier molecular flexibility index (Phi) is 10.2. The molecule has 1 atom stereocenters. The van der Waals surface area contributed by atoms with Gasteiger partial charge >= 0.3 is 5.97 Å². The van der Waals surface area contributed by atoms with Gasteiger partial charge in [-0.3, -0.25) is 0 Å². The van der Waals surface area contributed by atoms with Crippen LogP contribution < -0.4 is 0 Å². The summed E-state index contributed by atoms with van der Waals surface area (Å²) in [6, 6.07) is 8.15. The zero-order chi connectivity index (χ0) is 21.9. The lowest BCUT2D eigenvalue weighted by Gasteiger charge is -2.28. The van der Waals surface area contributed by atoms with Gasteiger partial charge in [-0.2, -0.15) is 0 Å². The van der Waals surface area contributed by atoms with E-state index >= 15 is 0 Å². The summed E-state index contributed by atoms with van der Waals surface area (Å²) >= 11 is 0. The number of rotatable bonds is 11. The highest BCUT2D eigenvalue weighted by Gasteiger charge is 2.24. The zero-order valence-corrected chi connectivity index (χ0v) is 20.0. The van der Waals surface area contributed by atoms with E-state index in [1.54, 1.807) is 0 Å². The Morgan fingerprint density at radius 1 is 0.839 bits per heavy atom. The monoisotopic (exact) mass is 424 g/mol. The van der Waals surface area contributed by atoms with Gasteiger partial charge in [-0.25, -0.2) is 4.79 Å². The lowest BCUT2D eigenvalue weighted by Crippen LogP contribution is -2.24. The number of hydrogen-bond acceptors (Lipinski definition) is 2. The van der Waals surface area contributed by atoms with Crippen LogP contribution in [0.5, 0.6) is 0 Å². The number of ether oxygens (including phenoxy) is 1. The van der Waals surface area contributed by atoms with Crippen molar-refractivity contribution in [1.82, 2.24) is 0 Å². The van der Waals surface area contributed by atoms with E-state index in [4.69, 9.17) is 4.74 Å². The largest absolute Gasteiger partial charge is 0.459 e. The third-order valence-corrected chi connectivity index (χ3v) is 7.51. The predicted octanol–water partition coefficient (Wildman–Crippen LogP) is 8.75. The molecule has 1 fully saturated rings. The number of allylic oxidation sites excluding steroid dienone is 2. The smallest absolute Gasteiger partial charge is 0.338 e. The number of benzene rings is 1. The number of unbranched alkanes of at least 4 members (excludes halogenated alkanes) is 4. The minimum Gasteiger partial charge on any atom is -0.459 e. The molecule has 0 radical (unpaired) electrons. The second-order valence-electron chi connectivity index (χ2n) is 9.99. The topological polar surface area (TPSA) is 26.3 Å². The average molecular weight is 425 g/mol. The van der Waals surface area contributed by atoms with E-state index in [1.807, 2.05) is 12.1 Å². The highest BCUT2D eigenvalue weighted by atomic mass is 16.5. The number of carbonyl (C=O) groups excluding carboxylic acids is 1. The SMILES string of the molecule is CCCCCCC1CC=C(c2ccc(C(=O)OC3CCC(CCCC)CC3)cc2)CC1. The van der Waals surface area contributed by atoms with Crippen molar-refractivity contribution in [2.75, 3.05) is 0 Å². The van der Waals surface area contributed by atoms with Crippen molar-refractivity contribution in [2.45, 2.75) is 116 Å². The van der Waals surface area contributed by atoms with Gasteiger partial charge in [-0.05, 0) is 80.1 Å². The van der Waals surface area contributed by atoms with Crippen LogP contribution in [0.3, 0.4) is 0 Å². The fourth-order valence-corrected chi connectivity index (χ4v) is 5.34. The maximum absolute atomic E-state index is 12.6. The maximum Gasteiger partial charge on any atom is 0.338 e. The van der Waals surface area contributed by atoms with Crippen molar-refractivity contribution in [3.63, 3.8) is 0 Å². The first kappa shape index (κ1) is 24.1. The van der Waals surface area contributed by atoms with Crippen molar-refractivity contribution in [1.29, 1.82) is 0 Å². The van der Waals surface area contributed by atoms with Crippen LogP contribution in [0.15, 0.2) is 30.3 Å². The molecular formula is C29H44O2. The molecule has 0 aliphatic heterocycles. The van der Waals surface area contributed by atoms with Gasteiger partial charge in [0.05, 0.1) is 5.56 Å².